The number of methoxy groups -OCH3 is 4. The zero-order chi connectivity index (χ0) is 20.0. The van der Waals surface area contributed by atoms with E-state index in [0.717, 1.165) is 0 Å². The zero-order valence-electron chi connectivity index (χ0n) is 14.4. The molecule has 0 unspecified atom stereocenters. The van der Waals surface area contributed by atoms with Crippen molar-refractivity contribution >= 4 is 23.9 Å². The maximum Gasteiger partial charge on any atom is 2.00 e. The molecule has 0 fully saturated rings. The second kappa shape index (κ2) is 35.1. The van der Waals surface area contributed by atoms with Gasteiger partial charge in [-0.05, 0) is 0 Å². The van der Waals surface area contributed by atoms with E-state index in [1.165, 1.54) is 28.4 Å². The fourth-order valence-corrected chi connectivity index (χ4v) is 0.471. The van der Waals surface area contributed by atoms with Crippen LogP contribution in [0.3, 0.4) is 0 Å². The molecule has 26 heavy (non-hydrogen) atoms. The first-order chi connectivity index (χ1) is 11.1. The third-order valence-electron chi connectivity index (χ3n) is 1.05. The van der Waals surface area contributed by atoms with E-state index in [1.807, 2.05) is 0 Å². The Morgan fingerprint density at radius 1 is 0.500 bits per heavy atom. The minimum Gasteiger partial charge on any atom is -0.548 e. The predicted molar refractivity (Wildman–Crippen MR) is 67.5 cm³/mol. The van der Waals surface area contributed by atoms with E-state index in [0.29, 0.717) is 0 Å². The monoisotopic (exact) mass is 562 g/mol. The van der Waals surface area contributed by atoms with Gasteiger partial charge in [0.05, 0.1) is 50.3 Å². The normalized spacial score (nSPS) is 7.54. The van der Waals surface area contributed by atoms with Gasteiger partial charge < -0.3 is 58.6 Å². The molecule has 0 heterocycles. The van der Waals surface area contributed by atoms with Crippen LogP contribution in [0.5, 0.6) is 0 Å². The van der Waals surface area contributed by atoms with Crippen molar-refractivity contribution in [2.24, 2.45) is 0 Å². The number of rotatable bonds is 8. The van der Waals surface area contributed by atoms with Crippen LogP contribution < -0.4 is 20.4 Å². The van der Waals surface area contributed by atoms with Crippen molar-refractivity contribution in [1.82, 2.24) is 0 Å². The average molecular weight is 562 g/mol. The first kappa shape index (κ1) is 39.9. The Morgan fingerprint density at radius 2 is 0.615 bits per heavy atom. The Labute approximate surface area is 176 Å². The van der Waals surface area contributed by atoms with Gasteiger partial charge in [-0.15, -0.1) is 0 Å². The zero-order valence-corrected chi connectivity index (χ0v) is 17.7. The molecule has 0 aromatic carbocycles. The number of carboxylic acids is 4. The minimum atomic E-state index is -1.18. The van der Waals surface area contributed by atoms with Crippen LogP contribution >= 0.6 is 0 Å². The number of ether oxygens (including phenoxy) is 4. The summed E-state index contributed by atoms with van der Waals surface area (Å²) in [6, 6.07) is 0. The Balaban J connectivity index is -0.0000000500. The smallest absolute Gasteiger partial charge is 0.548 e. The average Bonchev–Trinajstić information content (AvgIpc) is 2.39. The third-order valence-corrected chi connectivity index (χ3v) is 1.05. The van der Waals surface area contributed by atoms with E-state index >= 15 is 0 Å². The van der Waals surface area contributed by atoms with Crippen molar-refractivity contribution in [3.63, 3.8) is 0 Å². The van der Waals surface area contributed by atoms with Crippen molar-refractivity contribution < 1.29 is 97.5 Å². The maximum atomic E-state index is 9.36. The summed E-state index contributed by atoms with van der Waals surface area (Å²) in [7, 11) is 5.21. The number of hydrogen-bond acceptors (Lipinski definition) is 12. The van der Waals surface area contributed by atoms with Gasteiger partial charge >= 0.3 is 39.0 Å². The van der Waals surface area contributed by atoms with Crippen molar-refractivity contribution in [1.29, 1.82) is 0 Å². The summed E-state index contributed by atoms with van der Waals surface area (Å²) in [6.45, 7) is -1.28. The predicted octanol–water partition coefficient (Wildman–Crippen LogP) is -6.47. The van der Waals surface area contributed by atoms with Gasteiger partial charge in [0.1, 0.15) is 0 Å². The number of hydrogen-bond donors (Lipinski definition) is 0. The number of carboxylic acid groups (broad SMARTS) is 4. The molecule has 0 aliphatic carbocycles. The van der Waals surface area contributed by atoms with Gasteiger partial charge in [0, 0.05) is 28.4 Å². The van der Waals surface area contributed by atoms with Crippen LogP contribution in [-0.2, 0) is 77.1 Å². The van der Waals surface area contributed by atoms with E-state index in [-0.39, 0.29) is 65.4 Å². The fourth-order valence-electron chi connectivity index (χ4n) is 0.471. The van der Waals surface area contributed by atoms with E-state index in [1.54, 1.807) is 0 Å². The first-order valence-electron chi connectivity index (χ1n) is 5.83. The topological polar surface area (TPSA) is 197 Å². The molecule has 2 radical (unpaired) electrons. The molecule has 0 saturated carbocycles. The molecular formula is C12H20O12Rh2. The summed E-state index contributed by atoms with van der Waals surface area (Å²) >= 11 is 0. The molecule has 0 N–H and O–H groups in total. The van der Waals surface area contributed by atoms with Crippen LogP contribution in [0.1, 0.15) is 0 Å². The minimum absolute atomic E-state index is 0. The maximum absolute atomic E-state index is 9.36. The van der Waals surface area contributed by atoms with Crippen LogP contribution in [0.15, 0.2) is 0 Å². The summed E-state index contributed by atoms with van der Waals surface area (Å²) in [6.07, 6.45) is 0. The van der Waals surface area contributed by atoms with Gasteiger partial charge in [-0.2, -0.15) is 0 Å². The van der Waals surface area contributed by atoms with E-state index in [2.05, 4.69) is 18.9 Å². The second-order valence-electron chi connectivity index (χ2n) is 3.22. The molecule has 0 spiro atoms. The molecule has 0 bridgehead atoms. The Hall–Kier alpha value is -1.03. The van der Waals surface area contributed by atoms with Gasteiger partial charge in [-0.25, -0.2) is 0 Å². The van der Waals surface area contributed by atoms with Crippen molar-refractivity contribution in [2.75, 3.05) is 54.9 Å². The first-order valence-corrected chi connectivity index (χ1v) is 5.83. The summed E-state index contributed by atoms with van der Waals surface area (Å²) in [5.74, 6) is -4.73. The van der Waals surface area contributed by atoms with E-state index < -0.39 is 23.9 Å². The molecule has 0 atom stereocenters. The molecule has 12 nitrogen and oxygen atoms in total. The largest absolute Gasteiger partial charge is 2.00 e. The Kier molecular flexibility index (Phi) is 53.9. The van der Waals surface area contributed by atoms with Gasteiger partial charge in [-0.3, -0.25) is 0 Å². The molecule has 0 saturated heterocycles. The van der Waals surface area contributed by atoms with Crippen LogP contribution in [0.4, 0.5) is 0 Å². The third kappa shape index (κ3) is 92.1. The Bertz CT molecular complexity index is 274. The standard InChI is InChI=1S/4C3H6O3.2Rh/c4*1-6-2-3(4)5;;/h4*2H2,1H3,(H,4,5);;/q;;;;2*+2/p-4. The summed E-state index contributed by atoms with van der Waals surface area (Å²) in [5, 5.41) is 37.5. The van der Waals surface area contributed by atoms with Gasteiger partial charge in [0.25, 0.3) is 0 Å². The summed E-state index contributed by atoms with van der Waals surface area (Å²) in [5.41, 5.74) is 0. The van der Waals surface area contributed by atoms with Gasteiger partial charge in [0.15, 0.2) is 0 Å². The molecule has 0 aromatic heterocycles. The van der Waals surface area contributed by atoms with E-state index in [4.69, 9.17) is 0 Å². The molecule has 0 amide bonds. The number of aliphatic carboxylic acids is 4. The SMILES string of the molecule is COCC(=O)[O-].COCC(=O)[O-].COCC(=O)[O-].COCC(=O)[O-].[Rh+2].[Rh+2]. The van der Waals surface area contributed by atoms with Crippen LogP contribution in [0.2, 0.25) is 0 Å². The van der Waals surface area contributed by atoms with Crippen molar-refractivity contribution in [2.45, 2.75) is 0 Å². The van der Waals surface area contributed by atoms with Gasteiger partial charge in [0.2, 0.25) is 0 Å². The second-order valence-corrected chi connectivity index (χ2v) is 3.22. The molecule has 0 rings (SSSR count). The fraction of sp³-hybridized carbons (Fsp3) is 0.667. The summed E-state index contributed by atoms with van der Waals surface area (Å²) in [4.78, 5) is 37.5. The van der Waals surface area contributed by atoms with Crippen molar-refractivity contribution in [3.05, 3.63) is 0 Å². The van der Waals surface area contributed by atoms with Crippen LogP contribution in [0.25, 0.3) is 0 Å². The van der Waals surface area contributed by atoms with Crippen molar-refractivity contribution in [3.8, 4) is 0 Å². The van der Waals surface area contributed by atoms with Crippen LogP contribution in [-0.4, -0.2) is 78.7 Å². The van der Waals surface area contributed by atoms with Crippen LogP contribution in [0, 0.1) is 0 Å². The quantitative estimate of drug-likeness (QED) is 0.254. The molecule has 158 valence electrons. The molecular weight excluding hydrogens is 542 g/mol. The number of carbonyl (C=O) groups is 4. The molecule has 0 aromatic rings. The molecule has 14 heteroatoms. The molecule has 0 aliphatic rings. The Morgan fingerprint density at radius 3 is 0.615 bits per heavy atom. The van der Waals surface area contributed by atoms with E-state index in [9.17, 15) is 39.6 Å². The number of carbonyl (C=O) groups excluding carboxylic acids is 4. The molecule has 0 aliphatic heterocycles. The van der Waals surface area contributed by atoms with Gasteiger partial charge in [-0.1, -0.05) is 0 Å². The summed E-state index contributed by atoms with van der Waals surface area (Å²) < 4.78 is 16.6.